The highest BCUT2D eigenvalue weighted by atomic mass is 16.1. The van der Waals surface area contributed by atoms with Crippen molar-refractivity contribution in [1.29, 1.82) is 5.26 Å². The van der Waals surface area contributed by atoms with Crippen LogP contribution in [0.2, 0.25) is 0 Å². The Kier molecular flexibility index (Phi) is 5.04. The number of carbonyl (C=O) groups excluding carboxylic acids is 1. The lowest BCUT2D eigenvalue weighted by Gasteiger charge is -2.32. The molecule has 0 radical (unpaired) electrons. The second kappa shape index (κ2) is 8.14. The molecule has 3 heterocycles. The molecular weight excluding hydrogens is 392 g/mol. The topological polar surface area (TPSA) is 113 Å². The molecule has 1 saturated carbocycles. The number of tetrazole rings is 1. The summed E-state index contributed by atoms with van der Waals surface area (Å²) in [5.74, 6) is 1.63. The van der Waals surface area contributed by atoms with E-state index in [1.54, 1.807) is 12.3 Å². The van der Waals surface area contributed by atoms with Crippen LogP contribution < -0.4 is 10.2 Å². The molecule has 1 aliphatic heterocycles. The Morgan fingerprint density at radius 1 is 1.06 bits per heavy atom. The first-order chi connectivity index (χ1) is 15.2. The van der Waals surface area contributed by atoms with Gasteiger partial charge in [-0.15, -0.1) is 5.10 Å². The quantitative estimate of drug-likeness (QED) is 0.683. The second-order valence-corrected chi connectivity index (χ2v) is 8.02. The zero-order chi connectivity index (χ0) is 21.2. The van der Waals surface area contributed by atoms with Gasteiger partial charge in [-0.05, 0) is 72.5 Å². The highest BCUT2D eigenvalue weighted by Crippen LogP contribution is 2.36. The van der Waals surface area contributed by atoms with Gasteiger partial charge in [0.1, 0.15) is 11.9 Å². The number of nitrogens with one attached hydrogen (secondary N) is 1. The number of anilines is 2. The van der Waals surface area contributed by atoms with Crippen molar-refractivity contribution in [1.82, 2.24) is 25.2 Å². The molecule has 1 amide bonds. The van der Waals surface area contributed by atoms with Crippen molar-refractivity contribution in [3.05, 3.63) is 48.2 Å². The maximum atomic E-state index is 12.7. The Bertz CT molecular complexity index is 1100. The number of nitriles is 1. The molecule has 0 atom stereocenters. The van der Waals surface area contributed by atoms with Crippen LogP contribution in [0.4, 0.5) is 11.5 Å². The maximum absolute atomic E-state index is 12.7. The Morgan fingerprint density at radius 2 is 1.84 bits per heavy atom. The average molecular weight is 414 g/mol. The van der Waals surface area contributed by atoms with Crippen molar-refractivity contribution in [3.8, 4) is 17.5 Å². The van der Waals surface area contributed by atoms with Crippen LogP contribution in [-0.2, 0) is 4.79 Å². The smallest absolute Gasteiger partial charge is 0.227 e. The molecule has 2 aromatic heterocycles. The third-order valence-electron chi connectivity index (χ3n) is 5.86. The first kappa shape index (κ1) is 19.2. The van der Waals surface area contributed by atoms with Gasteiger partial charge < -0.3 is 10.2 Å². The summed E-state index contributed by atoms with van der Waals surface area (Å²) >= 11 is 0. The van der Waals surface area contributed by atoms with Gasteiger partial charge in [-0.25, -0.2) is 9.67 Å². The number of carbonyl (C=O) groups is 1. The van der Waals surface area contributed by atoms with Crippen LogP contribution in [0.25, 0.3) is 11.4 Å². The lowest BCUT2D eigenvalue weighted by Crippen LogP contribution is -2.38. The molecule has 3 aromatic rings. The Morgan fingerprint density at radius 3 is 2.48 bits per heavy atom. The lowest BCUT2D eigenvalue weighted by atomic mass is 9.95. The van der Waals surface area contributed by atoms with E-state index in [0.29, 0.717) is 11.6 Å². The maximum Gasteiger partial charge on any atom is 0.227 e. The first-order valence-electron chi connectivity index (χ1n) is 10.5. The number of amides is 1. The fourth-order valence-corrected chi connectivity index (χ4v) is 3.91. The van der Waals surface area contributed by atoms with Gasteiger partial charge in [0, 0.05) is 36.5 Å². The van der Waals surface area contributed by atoms with E-state index in [9.17, 15) is 4.79 Å². The van der Waals surface area contributed by atoms with Gasteiger partial charge in [0.2, 0.25) is 5.91 Å². The van der Waals surface area contributed by atoms with E-state index in [4.69, 9.17) is 5.26 Å². The van der Waals surface area contributed by atoms with Gasteiger partial charge in [0.25, 0.3) is 0 Å². The molecule has 0 bridgehead atoms. The molecule has 31 heavy (non-hydrogen) atoms. The number of nitrogens with zero attached hydrogens (tertiary/aromatic N) is 7. The van der Waals surface area contributed by atoms with Crippen LogP contribution >= 0.6 is 0 Å². The summed E-state index contributed by atoms with van der Waals surface area (Å²) in [6, 6.07) is 13.8. The third kappa shape index (κ3) is 4.10. The lowest BCUT2D eigenvalue weighted by molar-refractivity contribution is -0.120. The summed E-state index contributed by atoms with van der Waals surface area (Å²) in [6.07, 6.45) is 5.35. The van der Waals surface area contributed by atoms with Crippen LogP contribution in [-0.4, -0.2) is 44.2 Å². The molecular formula is C22H22N8O. The van der Waals surface area contributed by atoms with Crippen molar-refractivity contribution in [2.24, 2.45) is 5.92 Å². The number of rotatable bonds is 5. The molecule has 0 spiro atoms. The summed E-state index contributed by atoms with van der Waals surface area (Å²) in [5, 5.41) is 24.0. The molecule has 1 aromatic carbocycles. The van der Waals surface area contributed by atoms with Gasteiger partial charge in [-0.1, -0.05) is 0 Å². The van der Waals surface area contributed by atoms with Crippen molar-refractivity contribution in [3.63, 3.8) is 0 Å². The fraction of sp³-hybridized carbons (Fsp3) is 0.364. The summed E-state index contributed by atoms with van der Waals surface area (Å²) in [5.41, 5.74) is 2.27. The van der Waals surface area contributed by atoms with Crippen molar-refractivity contribution in [2.45, 2.75) is 31.7 Å². The Hall–Kier alpha value is -3.80. The van der Waals surface area contributed by atoms with Crippen LogP contribution in [0.1, 0.15) is 37.3 Å². The standard InChI is InChI=1S/C22H22N8O/c23-13-15-1-8-20(24-14-15)29-11-9-17(10-12-29)22(31)25-18-4-2-16(3-5-18)21-26-27-28-30(21)19-6-7-19/h1-5,8,14,17,19H,6-7,9-12H2,(H,25,31). The number of aromatic nitrogens is 5. The number of benzene rings is 1. The zero-order valence-electron chi connectivity index (χ0n) is 17.0. The SMILES string of the molecule is N#Cc1ccc(N2CCC(C(=O)Nc3ccc(-c4nnnn4C4CC4)cc3)CC2)nc1. The summed E-state index contributed by atoms with van der Waals surface area (Å²) in [4.78, 5) is 19.2. The molecule has 2 aliphatic rings. The Balaban J connectivity index is 1.17. The molecule has 156 valence electrons. The molecule has 0 unspecified atom stereocenters. The van der Waals surface area contributed by atoms with E-state index in [2.05, 4.69) is 36.8 Å². The highest BCUT2D eigenvalue weighted by Gasteiger charge is 2.28. The normalized spacial score (nSPS) is 16.7. The Labute approximate surface area is 179 Å². The van der Waals surface area contributed by atoms with Crippen molar-refractivity contribution < 1.29 is 4.79 Å². The number of hydrogen-bond acceptors (Lipinski definition) is 7. The van der Waals surface area contributed by atoms with Crippen LogP contribution in [0.15, 0.2) is 42.6 Å². The van der Waals surface area contributed by atoms with Crippen LogP contribution in [0.5, 0.6) is 0 Å². The largest absolute Gasteiger partial charge is 0.357 e. The second-order valence-electron chi connectivity index (χ2n) is 8.02. The van der Waals surface area contributed by atoms with E-state index in [0.717, 1.165) is 61.7 Å². The van der Waals surface area contributed by atoms with Gasteiger partial charge in [0.15, 0.2) is 5.82 Å². The predicted octanol–water partition coefficient (Wildman–Crippen LogP) is 2.80. The first-order valence-corrected chi connectivity index (χ1v) is 10.5. The molecule has 1 saturated heterocycles. The van der Waals surface area contributed by atoms with E-state index in [1.165, 1.54) is 0 Å². The van der Waals surface area contributed by atoms with Gasteiger partial charge in [-0.2, -0.15) is 5.26 Å². The minimum absolute atomic E-state index is 0.0310. The monoisotopic (exact) mass is 414 g/mol. The predicted molar refractivity (Wildman–Crippen MR) is 114 cm³/mol. The fourth-order valence-electron chi connectivity index (χ4n) is 3.91. The van der Waals surface area contributed by atoms with Gasteiger partial charge in [-0.3, -0.25) is 4.79 Å². The van der Waals surface area contributed by atoms with Crippen LogP contribution in [0.3, 0.4) is 0 Å². The summed E-state index contributed by atoms with van der Waals surface area (Å²) in [6.45, 7) is 1.53. The molecule has 1 aliphatic carbocycles. The molecule has 5 rings (SSSR count). The van der Waals surface area contributed by atoms with Gasteiger partial charge in [0.05, 0.1) is 11.6 Å². The van der Waals surface area contributed by atoms with Gasteiger partial charge >= 0.3 is 0 Å². The minimum Gasteiger partial charge on any atom is -0.357 e. The van der Waals surface area contributed by atoms with E-state index < -0.39 is 0 Å². The number of piperidine rings is 1. The molecule has 1 N–H and O–H groups in total. The van der Waals surface area contributed by atoms with Crippen molar-refractivity contribution >= 4 is 17.4 Å². The summed E-state index contributed by atoms with van der Waals surface area (Å²) in [7, 11) is 0. The van der Waals surface area contributed by atoms with Crippen LogP contribution in [0, 0.1) is 17.2 Å². The molecule has 2 fully saturated rings. The van der Waals surface area contributed by atoms with E-state index in [1.807, 2.05) is 35.0 Å². The third-order valence-corrected chi connectivity index (χ3v) is 5.86. The van der Waals surface area contributed by atoms with Crippen molar-refractivity contribution in [2.75, 3.05) is 23.3 Å². The molecule has 9 nitrogen and oxygen atoms in total. The highest BCUT2D eigenvalue weighted by molar-refractivity contribution is 5.92. The van der Waals surface area contributed by atoms with E-state index >= 15 is 0 Å². The average Bonchev–Trinajstić information content (AvgIpc) is 3.56. The summed E-state index contributed by atoms with van der Waals surface area (Å²) < 4.78 is 1.88. The number of hydrogen-bond donors (Lipinski definition) is 1. The zero-order valence-corrected chi connectivity index (χ0v) is 17.0. The van der Waals surface area contributed by atoms with E-state index in [-0.39, 0.29) is 11.8 Å². The number of pyridine rings is 1. The minimum atomic E-state index is -0.0310. The molecule has 9 heteroatoms.